The summed E-state index contributed by atoms with van der Waals surface area (Å²) < 4.78 is 3.59. The first-order valence-corrected chi connectivity index (χ1v) is 5.88. The van der Waals surface area contributed by atoms with Crippen molar-refractivity contribution in [2.45, 2.75) is 0 Å². The third-order valence-electron chi connectivity index (χ3n) is 2.90. The molecule has 3 aromatic rings. The van der Waals surface area contributed by atoms with Crippen LogP contribution in [0.5, 0.6) is 0 Å². The molecule has 0 saturated heterocycles. The van der Waals surface area contributed by atoms with Crippen molar-refractivity contribution in [2.75, 3.05) is 0 Å². The van der Waals surface area contributed by atoms with Crippen LogP contribution in [0, 0.1) is 0 Å². The quantitative estimate of drug-likeness (QED) is 0.666. The average molecular weight is 261 g/mol. The zero-order chi connectivity index (χ0) is 12.7. The first-order valence-electron chi connectivity index (χ1n) is 5.51. The largest absolute Gasteiger partial charge is 0.352 e. The number of aromatic amines is 1. The molecule has 0 saturated carbocycles. The molecule has 2 aromatic heterocycles. The molecule has 0 amide bonds. The van der Waals surface area contributed by atoms with Crippen LogP contribution >= 0.6 is 11.6 Å². The third-order valence-corrected chi connectivity index (χ3v) is 3.16. The highest BCUT2D eigenvalue weighted by atomic mass is 35.5. The van der Waals surface area contributed by atoms with Gasteiger partial charge in [-0.05, 0) is 12.1 Å². The highest BCUT2D eigenvalue weighted by molar-refractivity contribution is 6.30. The lowest BCUT2D eigenvalue weighted by atomic mass is 10.2. The van der Waals surface area contributed by atoms with E-state index in [4.69, 9.17) is 11.6 Å². The SMILES string of the molecule is C[n+]1ccn2cc(-c3ccc(Cl)cc3)[nH]c(=O)c21. The molecule has 3 rings (SSSR count). The van der Waals surface area contributed by atoms with Crippen LogP contribution in [0.4, 0.5) is 0 Å². The molecule has 0 radical (unpaired) electrons. The van der Waals surface area contributed by atoms with Gasteiger partial charge in [0.05, 0.1) is 12.7 Å². The number of nitrogens with zero attached hydrogens (tertiary/aromatic N) is 2. The van der Waals surface area contributed by atoms with E-state index in [0.29, 0.717) is 10.7 Å². The summed E-state index contributed by atoms with van der Waals surface area (Å²) in [6, 6.07) is 7.36. The molecule has 0 spiro atoms. The van der Waals surface area contributed by atoms with E-state index < -0.39 is 0 Å². The first kappa shape index (κ1) is 11.0. The molecule has 0 aliphatic carbocycles. The fourth-order valence-corrected chi connectivity index (χ4v) is 2.13. The molecule has 1 N–H and O–H groups in total. The molecule has 5 heteroatoms. The highest BCUT2D eigenvalue weighted by Crippen LogP contribution is 2.18. The number of aromatic nitrogens is 3. The number of benzene rings is 1. The summed E-state index contributed by atoms with van der Waals surface area (Å²) in [5.41, 5.74) is 2.18. The minimum atomic E-state index is -0.116. The molecule has 0 fully saturated rings. The van der Waals surface area contributed by atoms with Gasteiger partial charge in [0, 0.05) is 10.6 Å². The summed E-state index contributed by atoms with van der Waals surface area (Å²) in [5, 5.41) is 0.675. The van der Waals surface area contributed by atoms with Crippen LogP contribution < -0.4 is 10.1 Å². The summed E-state index contributed by atoms with van der Waals surface area (Å²) in [5.74, 6) is 0. The van der Waals surface area contributed by atoms with Gasteiger partial charge in [0.2, 0.25) is 0 Å². The number of H-pyrrole nitrogens is 1. The third kappa shape index (κ3) is 1.71. The summed E-state index contributed by atoms with van der Waals surface area (Å²) in [6.45, 7) is 0. The second kappa shape index (κ2) is 3.99. The van der Waals surface area contributed by atoms with Crippen molar-refractivity contribution < 1.29 is 4.57 Å². The van der Waals surface area contributed by atoms with Crippen LogP contribution in [-0.2, 0) is 7.05 Å². The van der Waals surface area contributed by atoms with E-state index in [1.807, 2.05) is 42.2 Å². The summed E-state index contributed by atoms with van der Waals surface area (Å²) >= 11 is 5.85. The minimum Gasteiger partial charge on any atom is -0.312 e. The maximum atomic E-state index is 12.0. The van der Waals surface area contributed by atoms with Gasteiger partial charge in [0.25, 0.3) is 0 Å². The van der Waals surface area contributed by atoms with Gasteiger partial charge in [0.1, 0.15) is 18.6 Å². The van der Waals surface area contributed by atoms with Gasteiger partial charge in [-0.2, -0.15) is 4.40 Å². The number of fused-ring (bicyclic) bond motifs is 1. The number of halogens is 1. The predicted molar refractivity (Wildman–Crippen MR) is 69.6 cm³/mol. The molecule has 18 heavy (non-hydrogen) atoms. The summed E-state index contributed by atoms with van der Waals surface area (Å²) in [4.78, 5) is 14.9. The maximum Gasteiger partial charge on any atom is 0.352 e. The molecule has 0 atom stereocenters. The van der Waals surface area contributed by atoms with E-state index >= 15 is 0 Å². The Morgan fingerprint density at radius 2 is 2.00 bits per heavy atom. The van der Waals surface area contributed by atoms with E-state index in [-0.39, 0.29) is 5.56 Å². The van der Waals surface area contributed by atoms with Crippen LogP contribution in [0.3, 0.4) is 0 Å². The molecule has 2 heterocycles. The Balaban J connectivity index is 2.25. The summed E-state index contributed by atoms with van der Waals surface area (Å²) in [7, 11) is 1.84. The van der Waals surface area contributed by atoms with Crippen molar-refractivity contribution in [2.24, 2.45) is 7.05 Å². The van der Waals surface area contributed by atoms with Gasteiger partial charge < -0.3 is 4.98 Å². The zero-order valence-corrected chi connectivity index (χ0v) is 10.5. The first-order chi connectivity index (χ1) is 8.65. The normalized spacial score (nSPS) is 11.0. The monoisotopic (exact) mass is 260 g/mol. The lowest BCUT2D eigenvalue weighted by molar-refractivity contribution is -0.645. The average Bonchev–Trinajstić information content (AvgIpc) is 2.72. The Bertz CT molecular complexity index is 771. The minimum absolute atomic E-state index is 0.116. The maximum absolute atomic E-state index is 12.0. The van der Waals surface area contributed by atoms with Crippen LogP contribution in [0.2, 0.25) is 5.02 Å². The Morgan fingerprint density at radius 3 is 2.72 bits per heavy atom. The van der Waals surface area contributed by atoms with Gasteiger partial charge in [-0.15, -0.1) is 0 Å². The van der Waals surface area contributed by atoms with E-state index in [9.17, 15) is 4.79 Å². The smallest absolute Gasteiger partial charge is 0.312 e. The molecule has 4 nitrogen and oxygen atoms in total. The fourth-order valence-electron chi connectivity index (χ4n) is 2.00. The van der Waals surface area contributed by atoms with Gasteiger partial charge >= 0.3 is 11.2 Å². The Hall–Kier alpha value is -2.07. The van der Waals surface area contributed by atoms with Crippen molar-refractivity contribution in [1.29, 1.82) is 0 Å². The number of hydrogen-bond acceptors (Lipinski definition) is 1. The van der Waals surface area contributed by atoms with E-state index in [2.05, 4.69) is 4.98 Å². The molecular weight excluding hydrogens is 250 g/mol. The molecule has 1 aromatic carbocycles. The number of imidazole rings is 1. The zero-order valence-electron chi connectivity index (χ0n) is 9.72. The summed E-state index contributed by atoms with van der Waals surface area (Å²) in [6.07, 6.45) is 5.58. The predicted octanol–water partition coefficient (Wildman–Crippen LogP) is 1.77. The standard InChI is InChI=1S/C13H10ClN3O/c1-16-6-7-17-8-11(15-12(18)13(16)17)9-2-4-10(14)5-3-9/h2-8H,1H3/p+1. The van der Waals surface area contributed by atoms with Gasteiger partial charge in [-0.3, -0.25) is 4.79 Å². The molecule has 0 bridgehead atoms. The van der Waals surface area contributed by atoms with Gasteiger partial charge in [-0.1, -0.05) is 23.7 Å². The second-order valence-electron chi connectivity index (χ2n) is 4.14. The second-order valence-corrected chi connectivity index (χ2v) is 4.58. The molecule has 90 valence electrons. The molecular formula is C13H11ClN3O+. The van der Waals surface area contributed by atoms with Crippen LogP contribution in [-0.4, -0.2) is 9.38 Å². The van der Waals surface area contributed by atoms with E-state index in [1.54, 1.807) is 16.7 Å². The molecule has 0 aliphatic heterocycles. The topological polar surface area (TPSA) is 41.1 Å². The van der Waals surface area contributed by atoms with E-state index in [1.165, 1.54) is 0 Å². The van der Waals surface area contributed by atoms with Crippen LogP contribution in [0.25, 0.3) is 16.9 Å². The van der Waals surface area contributed by atoms with Crippen molar-refractivity contribution >= 4 is 17.2 Å². The number of aryl methyl sites for hydroxylation is 1. The van der Waals surface area contributed by atoms with Gasteiger partial charge in [0.15, 0.2) is 0 Å². The highest BCUT2D eigenvalue weighted by Gasteiger charge is 2.13. The van der Waals surface area contributed by atoms with E-state index in [0.717, 1.165) is 11.3 Å². The Kier molecular flexibility index (Phi) is 2.45. The Labute approximate surface area is 108 Å². The van der Waals surface area contributed by atoms with Crippen molar-refractivity contribution in [3.8, 4) is 11.3 Å². The van der Waals surface area contributed by atoms with Crippen molar-refractivity contribution in [3.63, 3.8) is 0 Å². The van der Waals surface area contributed by atoms with Crippen molar-refractivity contribution in [3.05, 3.63) is 58.2 Å². The van der Waals surface area contributed by atoms with Gasteiger partial charge in [-0.25, -0.2) is 4.57 Å². The Morgan fingerprint density at radius 1 is 1.28 bits per heavy atom. The van der Waals surface area contributed by atoms with Crippen molar-refractivity contribution in [1.82, 2.24) is 9.38 Å². The van der Waals surface area contributed by atoms with Crippen LogP contribution in [0.15, 0.2) is 47.7 Å². The molecule has 0 aliphatic rings. The lowest BCUT2D eigenvalue weighted by Gasteiger charge is -2.00. The number of rotatable bonds is 1. The lowest BCUT2D eigenvalue weighted by Crippen LogP contribution is -2.32. The van der Waals surface area contributed by atoms with Crippen LogP contribution in [0.1, 0.15) is 0 Å². The number of hydrogen-bond donors (Lipinski definition) is 1. The fraction of sp³-hybridized carbons (Fsp3) is 0.0769. The molecule has 0 unspecified atom stereocenters. The number of nitrogens with one attached hydrogen (secondary N) is 1.